The molecule has 2 fully saturated rings. The Morgan fingerprint density at radius 1 is 1.19 bits per heavy atom. The van der Waals surface area contributed by atoms with E-state index in [0.717, 1.165) is 32.2 Å². The smallest absolute Gasteiger partial charge is 0.225 e. The number of benzene rings is 1. The fourth-order valence-electron chi connectivity index (χ4n) is 5.46. The predicted octanol–water partition coefficient (Wildman–Crippen LogP) is 3.68. The molecule has 3 rings (SSSR count). The van der Waals surface area contributed by atoms with E-state index >= 15 is 0 Å². The molecule has 1 saturated carbocycles. The highest BCUT2D eigenvalue weighted by Gasteiger charge is 2.50. The normalized spacial score (nSPS) is 25.9. The molecule has 0 aromatic heterocycles. The van der Waals surface area contributed by atoms with E-state index in [1.807, 2.05) is 24.8 Å². The Bertz CT molecular complexity index is 848. The summed E-state index contributed by atoms with van der Waals surface area (Å²) in [6.45, 7) is 5.61. The molecule has 1 aliphatic carbocycles. The molecule has 0 radical (unpaired) electrons. The standard InChI is InChI=1S/C26H38N4O2/c1-24(2,23(32)28-17-8-16-27)15-18-30-20-25(19-22(30)31)11-13-26(14-12-25,29(3)4)21-9-6-5-7-10-21/h5-7,9-10H,8,11-15,17-20H2,1-4H3,(H,28,32). The van der Waals surface area contributed by atoms with Gasteiger partial charge in [-0.15, -0.1) is 0 Å². The van der Waals surface area contributed by atoms with Gasteiger partial charge in [-0.3, -0.25) is 14.5 Å². The molecule has 32 heavy (non-hydrogen) atoms. The Morgan fingerprint density at radius 2 is 1.84 bits per heavy atom. The highest BCUT2D eigenvalue weighted by atomic mass is 16.2. The van der Waals surface area contributed by atoms with Crippen LogP contribution >= 0.6 is 0 Å². The molecule has 6 heteroatoms. The topological polar surface area (TPSA) is 76.4 Å². The maximum absolute atomic E-state index is 12.9. The molecule has 1 aliphatic heterocycles. The first-order valence-electron chi connectivity index (χ1n) is 11.8. The Morgan fingerprint density at radius 3 is 2.44 bits per heavy atom. The van der Waals surface area contributed by atoms with Crippen LogP contribution in [-0.4, -0.2) is 55.3 Å². The molecule has 0 unspecified atom stereocenters. The summed E-state index contributed by atoms with van der Waals surface area (Å²) in [7, 11) is 4.34. The van der Waals surface area contributed by atoms with Crippen molar-refractivity contribution in [2.75, 3.05) is 33.7 Å². The first-order valence-corrected chi connectivity index (χ1v) is 11.8. The quantitative estimate of drug-likeness (QED) is 0.628. The van der Waals surface area contributed by atoms with Crippen molar-refractivity contribution in [3.05, 3.63) is 35.9 Å². The van der Waals surface area contributed by atoms with Gasteiger partial charge >= 0.3 is 0 Å². The zero-order chi connectivity index (χ0) is 23.4. The summed E-state index contributed by atoms with van der Waals surface area (Å²) in [6, 6.07) is 12.8. The van der Waals surface area contributed by atoms with Crippen molar-refractivity contribution in [2.45, 2.75) is 64.3 Å². The van der Waals surface area contributed by atoms with Gasteiger partial charge in [0.05, 0.1) is 12.5 Å². The van der Waals surface area contributed by atoms with Crippen LogP contribution in [0.3, 0.4) is 0 Å². The number of likely N-dealkylation sites (tertiary alicyclic amines) is 1. The lowest BCUT2D eigenvalue weighted by molar-refractivity contribution is -0.132. The van der Waals surface area contributed by atoms with Crippen molar-refractivity contribution in [1.82, 2.24) is 15.1 Å². The lowest BCUT2D eigenvalue weighted by atomic mass is 9.64. The minimum absolute atomic E-state index is 0.0342. The fourth-order valence-corrected chi connectivity index (χ4v) is 5.46. The second kappa shape index (κ2) is 9.62. The van der Waals surface area contributed by atoms with Gasteiger partial charge < -0.3 is 10.2 Å². The van der Waals surface area contributed by atoms with Crippen LogP contribution in [0.5, 0.6) is 0 Å². The molecule has 2 amide bonds. The molecule has 1 N–H and O–H groups in total. The SMILES string of the molecule is CN(C)C1(c2ccccc2)CCC2(CC1)CC(=O)N(CCC(C)(C)C(=O)NCCC#N)C2. The van der Waals surface area contributed by atoms with E-state index in [0.29, 0.717) is 32.4 Å². The highest BCUT2D eigenvalue weighted by Crippen LogP contribution is 2.52. The van der Waals surface area contributed by atoms with Crippen molar-refractivity contribution >= 4 is 11.8 Å². The van der Waals surface area contributed by atoms with Gasteiger partial charge in [0.1, 0.15) is 0 Å². The largest absolute Gasteiger partial charge is 0.355 e. The van der Waals surface area contributed by atoms with Gasteiger partial charge in [-0.1, -0.05) is 44.2 Å². The molecule has 1 spiro atoms. The molecular weight excluding hydrogens is 400 g/mol. The molecule has 1 heterocycles. The van der Waals surface area contributed by atoms with Crippen LogP contribution in [0.25, 0.3) is 0 Å². The van der Waals surface area contributed by atoms with Gasteiger partial charge in [0.25, 0.3) is 0 Å². The highest BCUT2D eigenvalue weighted by molar-refractivity contribution is 5.82. The number of amides is 2. The summed E-state index contributed by atoms with van der Waals surface area (Å²) < 4.78 is 0. The van der Waals surface area contributed by atoms with Gasteiger partial charge in [-0.05, 0) is 57.2 Å². The number of nitriles is 1. The van der Waals surface area contributed by atoms with Crippen molar-refractivity contribution in [3.8, 4) is 6.07 Å². The summed E-state index contributed by atoms with van der Waals surface area (Å²) in [6.07, 6.45) is 5.75. The van der Waals surface area contributed by atoms with E-state index in [1.165, 1.54) is 5.56 Å². The maximum atomic E-state index is 12.9. The van der Waals surface area contributed by atoms with Gasteiger partial charge in [-0.25, -0.2) is 0 Å². The number of rotatable bonds is 8. The van der Waals surface area contributed by atoms with Crippen LogP contribution in [0.1, 0.15) is 64.4 Å². The molecule has 1 aromatic rings. The second-order valence-electron chi connectivity index (χ2n) is 10.6. The zero-order valence-electron chi connectivity index (χ0n) is 20.1. The van der Waals surface area contributed by atoms with Crippen LogP contribution in [0.4, 0.5) is 0 Å². The number of nitrogens with zero attached hydrogens (tertiary/aromatic N) is 3. The average Bonchev–Trinajstić information content (AvgIpc) is 3.08. The molecular formula is C26H38N4O2. The van der Waals surface area contributed by atoms with Crippen molar-refractivity contribution in [2.24, 2.45) is 10.8 Å². The first-order chi connectivity index (χ1) is 15.1. The number of carbonyl (C=O) groups excluding carboxylic acids is 2. The summed E-state index contributed by atoms with van der Waals surface area (Å²) in [5.74, 6) is 0.174. The van der Waals surface area contributed by atoms with Crippen LogP contribution in [-0.2, 0) is 15.1 Å². The Balaban J connectivity index is 1.60. The van der Waals surface area contributed by atoms with E-state index in [2.05, 4.69) is 54.6 Å². The average molecular weight is 439 g/mol. The van der Waals surface area contributed by atoms with Gasteiger partial charge in [0.15, 0.2) is 0 Å². The summed E-state index contributed by atoms with van der Waals surface area (Å²) in [5, 5.41) is 11.5. The molecule has 174 valence electrons. The lowest BCUT2D eigenvalue weighted by Crippen LogP contribution is -2.47. The summed E-state index contributed by atoms with van der Waals surface area (Å²) in [5.41, 5.74) is 0.896. The third-order valence-electron chi connectivity index (χ3n) is 7.85. The molecule has 0 atom stereocenters. The van der Waals surface area contributed by atoms with Crippen molar-refractivity contribution < 1.29 is 9.59 Å². The summed E-state index contributed by atoms with van der Waals surface area (Å²) >= 11 is 0. The van der Waals surface area contributed by atoms with Crippen LogP contribution in [0.2, 0.25) is 0 Å². The molecule has 1 aromatic carbocycles. The Labute approximate surface area is 193 Å². The third-order valence-corrected chi connectivity index (χ3v) is 7.85. The van der Waals surface area contributed by atoms with E-state index in [1.54, 1.807) is 0 Å². The first kappa shape index (κ1) is 24.3. The van der Waals surface area contributed by atoms with Crippen molar-refractivity contribution in [1.29, 1.82) is 5.26 Å². The Kier molecular flexibility index (Phi) is 7.29. The minimum Gasteiger partial charge on any atom is -0.355 e. The van der Waals surface area contributed by atoms with Gasteiger partial charge in [-0.2, -0.15) is 5.26 Å². The monoisotopic (exact) mass is 438 g/mol. The minimum atomic E-state index is -0.564. The zero-order valence-corrected chi connectivity index (χ0v) is 20.1. The van der Waals surface area contributed by atoms with Gasteiger partial charge in [0, 0.05) is 37.0 Å². The van der Waals surface area contributed by atoms with E-state index in [4.69, 9.17) is 5.26 Å². The molecule has 2 aliphatic rings. The van der Waals surface area contributed by atoms with Gasteiger partial charge in [0.2, 0.25) is 11.8 Å². The number of nitrogens with one attached hydrogen (secondary N) is 1. The molecule has 1 saturated heterocycles. The van der Waals surface area contributed by atoms with E-state index < -0.39 is 5.41 Å². The number of hydrogen-bond donors (Lipinski definition) is 1. The Hall–Kier alpha value is -2.39. The van der Waals surface area contributed by atoms with Crippen LogP contribution in [0.15, 0.2) is 30.3 Å². The molecule has 0 bridgehead atoms. The lowest BCUT2D eigenvalue weighted by Gasteiger charge is -2.49. The van der Waals surface area contributed by atoms with E-state index in [-0.39, 0.29) is 22.8 Å². The van der Waals surface area contributed by atoms with Crippen LogP contribution in [0, 0.1) is 22.2 Å². The van der Waals surface area contributed by atoms with Crippen LogP contribution < -0.4 is 5.32 Å². The maximum Gasteiger partial charge on any atom is 0.225 e. The predicted molar refractivity (Wildman–Crippen MR) is 126 cm³/mol. The number of hydrogen-bond acceptors (Lipinski definition) is 4. The summed E-state index contributed by atoms with van der Waals surface area (Å²) in [4.78, 5) is 29.7. The fraction of sp³-hybridized carbons (Fsp3) is 0.654. The number of carbonyl (C=O) groups is 2. The molecule has 6 nitrogen and oxygen atoms in total. The van der Waals surface area contributed by atoms with E-state index in [9.17, 15) is 9.59 Å². The third kappa shape index (κ3) is 4.99. The van der Waals surface area contributed by atoms with Crippen molar-refractivity contribution in [3.63, 3.8) is 0 Å². The second-order valence-corrected chi connectivity index (χ2v) is 10.6.